The van der Waals surface area contributed by atoms with Gasteiger partial charge in [-0.05, 0) is 69.7 Å². The molecule has 0 aliphatic heterocycles. The maximum atomic E-state index is 9.91. The lowest BCUT2D eigenvalue weighted by Crippen LogP contribution is -2.34. The van der Waals surface area contributed by atoms with E-state index in [1.54, 1.807) is 0 Å². The maximum Gasteiger partial charge on any atom is 0.117 e. The molecule has 0 fully saturated rings. The molecular weight excluding hydrogens is 354 g/mol. The molecule has 1 N–H and O–H groups in total. The van der Waals surface area contributed by atoms with Crippen molar-refractivity contribution in [3.63, 3.8) is 0 Å². The van der Waals surface area contributed by atoms with Crippen LogP contribution in [-0.4, -0.2) is 10.9 Å². The van der Waals surface area contributed by atoms with Crippen LogP contribution in [-0.2, 0) is 17.3 Å². The van der Waals surface area contributed by atoms with Crippen molar-refractivity contribution in [1.82, 2.24) is 0 Å². The van der Waals surface area contributed by atoms with Gasteiger partial charge in [-0.15, -0.1) is 0 Å². The second-order valence-electron chi connectivity index (χ2n) is 9.73. The van der Waals surface area contributed by atoms with Crippen molar-refractivity contribution < 1.29 is 5.21 Å². The van der Waals surface area contributed by atoms with E-state index in [2.05, 4.69) is 94.4 Å². The highest BCUT2D eigenvalue weighted by molar-refractivity contribution is 6.14. The monoisotopic (exact) mass is 385 g/mol. The molecule has 0 amide bonds. The molecule has 0 atom stereocenters. The van der Waals surface area contributed by atoms with E-state index in [0.29, 0.717) is 5.71 Å². The summed E-state index contributed by atoms with van der Waals surface area (Å²) in [5.74, 6) is 0. The number of hydrogen-bond donors (Lipinski definition) is 1. The third-order valence-corrected chi connectivity index (χ3v) is 6.81. The van der Waals surface area contributed by atoms with E-state index in [-0.39, 0.29) is 10.8 Å². The summed E-state index contributed by atoms with van der Waals surface area (Å²) >= 11 is 0. The zero-order chi connectivity index (χ0) is 20.8. The van der Waals surface area contributed by atoms with Crippen LogP contribution < -0.4 is 0 Å². The maximum absolute atomic E-state index is 9.91. The first kappa shape index (κ1) is 19.7. The van der Waals surface area contributed by atoms with Crippen LogP contribution >= 0.6 is 0 Å². The van der Waals surface area contributed by atoms with Crippen molar-refractivity contribution in [3.05, 3.63) is 82.4 Å². The Morgan fingerprint density at radius 3 is 2.07 bits per heavy atom. The van der Waals surface area contributed by atoms with Gasteiger partial charge in [0.15, 0.2) is 0 Å². The van der Waals surface area contributed by atoms with Gasteiger partial charge in [0.2, 0.25) is 0 Å². The van der Waals surface area contributed by atoms with Gasteiger partial charge in [0, 0.05) is 11.1 Å². The van der Waals surface area contributed by atoms with E-state index in [4.69, 9.17) is 0 Å². The molecule has 4 rings (SSSR count). The SMILES string of the molecule is CCc1ccc2cc(C(=NO)c3ccc4c(c3)C(C)(C)CCC4(C)C)ccc2c1. The Balaban J connectivity index is 1.80. The summed E-state index contributed by atoms with van der Waals surface area (Å²) < 4.78 is 0. The molecule has 1 aliphatic carbocycles. The van der Waals surface area contributed by atoms with Gasteiger partial charge in [-0.3, -0.25) is 0 Å². The number of rotatable bonds is 3. The topological polar surface area (TPSA) is 32.6 Å². The fraction of sp³-hybridized carbons (Fsp3) is 0.370. The Hall–Kier alpha value is -2.61. The predicted octanol–water partition coefficient (Wildman–Crippen LogP) is 6.98. The molecule has 0 saturated heterocycles. The summed E-state index contributed by atoms with van der Waals surface area (Å²) in [6.45, 7) is 11.5. The molecule has 29 heavy (non-hydrogen) atoms. The van der Waals surface area contributed by atoms with E-state index in [1.807, 2.05) is 0 Å². The van der Waals surface area contributed by atoms with E-state index < -0.39 is 0 Å². The Bertz CT molecular complexity index is 1100. The van der Waals surface area contributed by atoms with Crippen molar-refractivity contribution in [2.24, 2.45) is 5.16 Å². The van der Waals surface area contributed by atoms with Crippen LogP contribution in [0.15, 0.2) is 59.8 Å². The highest BCUT2D eigenvalue weighted by Gasteiger charge is 2.37. The van der Waals surface area contributed by atoms with E-state index in [1.165, 1.54) is 33.9 Å². The normalized spacial score (nSPS) is 17.9. The molecule has 0 bridgehead atoms. The van der Waals surface area contributed by atoms with Crippen molar-refractivity contribution in [3.8, 4) is 0 Å². The zero-order valence-electron chi connectivity index (χ0n) is 18.2. The Labute approximate surface area is 174 Å². The van der Waals surface area contributed by atoms with Crippen molar-refractivity contribution in [1.29, 1.82) is 0 Å². The number of fused-ring (bicyclic) bond motifs is 2. The van der Waals surface area contributed by atoms with Gasteiger partial charge < -0.3 is 5.21 Å². The average Bonchev–Trinajstić information content (AvgIpc) is 2.71. The molecule has 0 saturated carbocycles. The number of aryl methyl sites for hydroxylation is 1. The summed E-state index contributed by atoms with van der Waals surface area (Å²) in [4.78, 5) is 0. The van der Waals surface area contributed by atoms with Gasteiger partial charge in [-0.2, -0.15) is 0 Å². The lowest BCUT2D eigenvalue weighted by molar-refractivity contribution is 0.319. The largest absolute Gasteiger partial charge is 0.410 e. The Morgan fingerprint density at radius 1 is 0.793 bits per heavy atom. The third kappa shape index (κ3) is 3.46. The lowest BCUT2D eigenvalue weighted by atomic mass is 9.63. The molecule has 2 heteroatoms. The molecule has 0 spiro atoms. The number of benzene rings is 3. The average molecular weight is 386 g/mol. The van der Waals surface area contributed by atoms with Crippen LogP contribution in [0.2, 0.25) is 0 Å². The quantitative estimate of drug-likeness (QED) is 0.294. The van der Waals surface area contributed by atoms with Gasteiger partial charge in [-0.25, -0.2) is 0 Å². The predicted molar refractivity (Wildman–Crippen MR) is 122 cm³/mol. The molecule has 150 valence electrons. The first-order valence-corrected chi connectivity index (χ1v) is 10.7. The first-order chi connectivity index (χ1) is 13.7. The minimum Gasteiger partial charge on any atom is -0.410 e. The van der Waals surface area contributed by atoms with Crippen LogP contribution in [0.4, 0.5) is 0 Å². The molecule has 3 aromatic rings. The molecule has 0 radical (unpaired) electrons. The Kier molecular flexibility index (Phi) is 4.77. The van der Waals surface area contributed by atoms with Crippen LogP contribution in [0, 0.1) is 0 Å². The van der Waals surface area contributed by atoms with Crippen molar-refractivity contribution in [2.75, 3.05) is 0 Å². The zero-order valence-corrected chi connectivity index (χ0v) is 18.2. The lowest BCUT2D eigenvalue weighted by Gasteiger charge is -2.42. The van der Waals surface area contributed by atoms with Crippen molar-refractivity contribution in [2.45, 2.75) is 64.7 Å². The van der Waals surface area contributed by atoms with Crippen LogP contribution in [0.3, 0.4) is 0 Å². The summed E-state index contributed by atoms with van der Waals surface area (Å²) in [6.07, 6.45) is 3.39. The van der Waals surface area contributed by atoms with E-state index in [0.717, 1.165) is 24.0 Å². The smallest absolute Gasteiger partial charge is 0.117 e. The van der Waals surface area contributed by atoms with Crippen LogP contribution in [0.1, 0.15) is 75.3 Å². The number of nitrogens with zero attached hydrogens (tertiary/aromatic N) is 1. The van der Waals surface area contributed by atoms with Crippen LogP contribution in [0.25, 0.3) is 10.8 Å². The summed E-state index contributed by atoms with van der Waals surface area (Å²) in [5.41, 5.74) is 6.98. The minimum atomic E-state index is 0.126. The third-order valence-electron chi connectivity index (χ3n) is 6.81. The van der Waals surface area contributed by atoms with Gasteiger partial charge in [0.1, 0.15) is 5.71 Å². The number of hydrogen-bond acceptors (Lipinski definition) is 2. The molecule has 0 unspecified atom stereocenters. The van der Waals surface area contributed by atoms with Gasteiger partial charge >= 0.3 is 0 Å². The summed E-state index contributed by atoms with van der Waals surface area (Å²) in [6, 6.07) is 19.5. The minimum absolute atomic E-state index is 0.126. The summed E-state index contributed by atoms with van der Waals surface area (Å²) in [5, 5.41) is 16.0. The molecule has 3 aromatic carbocycles. The molecular formula is C27H31NO. The highest BCUT2D eigenvalue weighted by atomic mass is 16.4. The fourth-order valence-corrected chi connectivity index (χ4v) is 4.68. The van der Waals surface area contributed by atoms with Crippen LogP contribution in [0.5, 0.6) is 0 Å². The van der Waals surface area contributed by atoms with E-state index in [9.17, 15) is 5.21 Å². The second-order valence-corrected chi connectivity index (χ2v) is 9.73. The van der Waals surface area contributed by atoms with E-state index >= 15 is 0 Å². The fourth-order valence-electron chi connectivity index (χ4n) is 4.68. The van der Waals surface area contributed by atoms with Gasteiger partial charge in [-0.1, -0.05) is 82.2 Å². The van der Waals surface area contributed by atoms with Gasteiger partial charge in [0.05, 0.1) is 0 Å². The molecule has 0 aromatic heterocycles. The molecule has 2 nitrogen and oxygen atoms in total. The summed E-state index contributed by atoms with van der Waals surface area (Å²) in [7, 11) is 0. The van der Waals surface area contributed by atoms with Gasteiger partial charge in [0.25, 0.3) is 0 Å². The number of oxime groups is 1. The Morgan fingerprint density at radius 2 is 1.38 bits per heavy atom. The second kappa shape index (κ2) is 7.02. The first-order valence-electron chi connectivity index (χ1n) is 10.7. The highest BCUT2D eigenvalue weighted by Crippen LogP contribution is 2.46. The van der Waals surface area contributed by atoms with Crippen molar-refractivity contribution >= 4 is 16.5 Å². The standard InChI is InChI=1S/C27H31NO/c1-6-18-7-8-20-16-21(10-9-19(20)15-18)25(28-29)22-11-12-23-24(17-22)27(4,5)14-13-26(23,2)3/h7-12,15-17,29H,6,13-14H2,1-5H3. The molecule has 0 heterocycles. The molecule has 1 aliphatic rings.